The molecule has 2 unspecified atom stereocenters. The van der Waals surface area contributed by atoms with E-state index >= 15 is 0 Å². The lowest BCUT2D eigenvalue weighted by atomic mass is 10.0. The minimum atomic E-state index is -4.55. The molecule has 0 radical (unpaired) electrons. The van der Waals surface area contributed by atoms with Crippen LogP contribution in [0.3, 0.4) is 0 Å². The molecular formula is C50H92NO7P. The number of likely N-dealkylation sites (N-methyl/N-ethyl adjacent to an activating group) is 1. The normalized spacial score (nSPS) is 14.2. The highest BCUT2D eigenvalue weighted by Crippen LogP contribution is 2.38. The standard InChI is InChI=1S/C50H92NO7P/c1-6-8-10-12-14-16-18-20-22-23-24-25-26-27-28-30-32-34-36-38-40-42-45-55-47-49(48-57-59(53,54)56-46-44-51(3,4)5)58-50(52)43-41-39-37-35-33-31-29-21-19-17-15-13-11-9-7-2/h9,11,15,17,21,29,33,35,39,41,49H,6-8,10,12-14,16,18-20,22-28,30-32,34,36-38,40,42-48H2,1-5H3/b11-9-,17-15-,29-21-,35-33-,41-39-. The number of nitrogens with zero attached hydrogens (tertiary/aromatic N) is 1. The maximum Gasteiger partial charge on any atom is 0.310 e. The topological polar surface area (TPSA) is 94.1 Å². The lowest BCUT2D eigenvalue weighted by Crippen LogP contribution is -2.37. The zero-order valence-corrected chi connectivity index (χ0v) is 39.8. The quantitative estimate of drug-likeness (QED) is 0.0198. The first-order valence-electron chi connectivity index (χ1n) is 24.0. The van der Waals surface area contributed by atoms with Crippen molar-refractivity contribution in [2.24, 2.45) is 0 Å². The fourth-order valence-electron chi connectivity index (χ4n) is 6.45. The van der Waals surface area contributed by atoms with Gasteiger partial charge in [0, 0.05) is 6.61 Å². The Morgan fingerprint density at radius 3 is 1.32 bits per heavy atom. The van der Waals surface area contributed by atoms with Gasteiger partial charge in [-0.25, -0.2) is 0 Å². The zero-order chi connectivity index (χ0) is 43.4. The third-order valence-electron chi connectivity index (χ3n) is 10.1. The zero-order valence-electron chi connectivity index (χ0n) is 38.9. The van der Waals surface area contributed by atoms with Crippen molar-refractivity contribution >= 4 is 13.8 Å². The third-order valence-corrected chi connectivity index (χ3v) is 11.1. The Bertz CT molecular complexity index is 1130. The molecule has 0 aliphatic heterocycles. The van der Waals surface area contributed by atoms with E-state index in [1.165, 1.54) is 128 Å². The average Bonchev–Trinajstić information content (AvgIpc) is 3.19. The van der Waals surface area contributed by atoms with E-state index in [1.807, 2.05) is 27.2 Å². The lowest BCUT2D eigenvalue weighted by molar-refractivity contribution is -0.870. The summed E-state index contributed by atoms with van der Waals surface area (Å²) in [5.41, 5.74) is 0. The van der Waals surface area contributed by atoms with Gasteiger partial charge in [-0.3, -0.25) is 9.36 Å². The molecule has 0 aliphatic carbocycles. The summed E-state index contributed by atoms with van der Waals surface area (Å²) in [5.74, 6) is -0.459. The maximum atomic E-state index is 12.6. The van der Waals surface area contributed by atoms with Crippen molar-refractivity contribution in [1.82, 2.24) is 0 Å². The monoisotopic (exact) mass is 850 g/mol. The summed E-state index contributed by atoms with van der Waals surface area (Å²) in [4.78, 5) is 25.0. The Kier molecular flexibility index (Phi) is 41.6. The van der Waals surface area contributed by atoms with Crippen LogP contribution >= 0.6 is 7.82 Å². The molecule has 0 amide bonds. The van der Waals surface area contributed by atoms with Gasteiger partial charge in [-0.2, -0.15) is 0 Å². The van der Waals surface area contributed by atoms with Crippen LogP contribution in [0.2, 0.25) is 0 Å². The van der Waals surface area contributed by atoms with Crippen molar-refractivity contribution < 1.29 is 37.3 Å². The fourth-order valence-corrected chi connectivity index (χ4v) is 7.17. The molecule has 0 aromatic heterocycles. The summed E-state index contributed by atoms with van der Waals surface area (Å²) < 4.78 is 34.5. The highest BCUT2D eigenvalue weighted by Gasteiger charge is 2.20. The second kappa shape index (κ2) is 42.9. The van der Waals surface area contributed by atoms with Crippen molar-refractivity contribution in [2.45, 2.75) is 200 Å². The molecule has 0 aromatic carbocycles. The average molecular weight is 850 g/mol. The van der Waals surface area contributed by atoms with Gasteiger partial charge in [-0.1, -0.05) is 209 Å². The van der Waals surface area contributed by atoms with Gasteiger partial charge in [0.2, 0.25) is 0 Å². The molecule has 0 saturated heterocycles. The summed E-state index contributed by atoms with van der Waals surface area (Å²) in [6.07, 6.45) is 54.3. The van der Waals surface area contributed by atoms with Crippen LogP contribution in [0.25, 0.3) is 0 Å². The molecule has 9 heteroatoms. The number of ether oxygens (including phenoxy) is 2. The van der Waals surface area contributed by atoms with E-state index < -0.39 is 19.9 Å². The van der Waals surface area contributed by atoms with E-state index in [1.54, 1.807) is 6.08 Å². The van der Waals surface area contributed by atoms with Crippen LogP contribution in [0.4, 0.5) is 0 Å². The van der Waals surface area contributed by atoms with Gasteiger partial charge in [-0.05, 0) is 38.5 Å². The van der Waals surface area contributed by atoms with Gasteiger partial charge in [-0.15, -0.1) is 0 Å². The second-order valence-corrected chi connectivity index (χ2v) is 18.5. The van der Waals surface area contributed by atoms with Crippen molar-refractivity contribution in [3.05, 3.63) is 60.8 Å². The predicted molar refractivity (Wildman–Crippen MR) is 249 cm³/mol. The first kappa shape index (κ1) is 57.2. The first-order chi connectivity index (χ1) is 28.6. The Morgan fingerprint density at radius 2 is 0.915 bits per heavy atom. The van der Waals surface area contributed by atoms with Crippen LogP contribution in [0.5, 0.6) is 0 Å². The molecule has 0 aliphatic rings. The fraction of sp³-hybridized carbons (Fsp3) is 0.780. The highest BCUT2D eigenvalue weighted by atomic mass is 31.2. The molecule has 59 heavy (non-hydrogen) atoms. The Balaban J connectivity index is 4.22. The SMILES string of the molecule is CC/C=C\C/C=C\C/C=C\C/C=C\C/C=C\CC(=O)OC(COCCCCCCCCCCCCCCCCCCCCCCCC)COP(=O)([O-])OCC[N+](C)(C)C. The molecule has 0 spiro atoms. The minimum absolute atomic E-state index is 0.00874. The number of phosphoric ester groups is 1. The van der Waals surface area contributed by atoms with Crippen molar-refractivity contribution in [2.75, 3.05) is 54.1 Å². The van der Waals surface area contributed by atoms with Crippen molar-refractivity contribution in [1.29, 1.82) is 0 Å². The Morgan fingerprint density at radius 1 is 0.525 bits per heavy atom. The molecule has 8 nitrogen and oxygen atoms in total. The number of carbonyl (C=O) groups excluding carboxylic acids is 1. The number of unbranched alkanes of at least 4 members (excludes halogenated alkanes) is 21. The summed E-state index contributed by atoms with van der Waals surface area (Å²) in [6, 6.07) is 0. The number of allylic oxidation sites excluding steroid dienone is 9. The van der Waals surface area contributed by atoms with Crippen LogP contribution < -0.4 is 4.89 Å². The van der Waals surface area contributed by atoms with Crippen LogP contribution in [0.15, 0.2) is 60.8 Å². The number of esters is 1. The van der Waals surface area contributed by atoms with Gasteiger partial charge >= 0.3 is 5.97 Å². The van der Waals surface area contributed by atoms with Crippen LogP contribution in [-0.4, -0.2) is 70.7 Å². The molecule has 0 heterocycles. The molecule has 0 N–H and O–H groups in total. The smallest absolute Gasteiger partial charge is 0.310 e. The second-order valence-electron chi connectivity index (χ2n) is 17.1. The molecule has 0 rings (SSSR count). The number of phosphoric acid groups is 1. The number of quaternary nitrogens is 1. The molecule has 344 valence electrons. The van der Waals surface area contributed by atoms with Gasteiger partial charge < -0.3 is 27.9 Å². The number of carbonyl (C=O) groups is 1. The Labute approximate surface area is 364 Å². The largest absolute Gasteiger partial charge is 0.756 e. The van der Waals surface area contributed by atoms with Gasteiger partial charge in [0.15, 0.2) is 0 Å². The van der Waals surface area contributed by atoms with Crippen molar-refractivity contribution in [3.8, 4) is 0 Å². The van der Waals surface area contributed by atoms with E-state index in [-0.39, 0.29) is 26.2 Å². The van der Waals surface area contributed by atoms with Gasteiger partial charge in [0.05, 0.1) is 40.8 Å². The van der Waals surface area contributed by atoms with Crippen LogP contribution in [-0.2, 0) is 27.9 Å². The first-order valence-corrected chi connectivity index (χ1v) is 25.5. The third kappa shape index (κ3) is 47.1. The van der Waals surface area contributed by atoms with E-state index in [2.05, 4.69) is 62.5 Å². The van der Waals surface area contributed by atoms with Crippen LogP contribution in [0, 0.1) is 0 Å². The molecule has 2 atom stereocenters. The Hall–Kier alpha value is -1.80. The van der Waals surface area contributed by atoms with E-state index in [0.717, 1.165) is 38.5 Å². The number of rotatable bonds is 44. The van der Waals surface area contributed by atoms with Gasteiger partial charge in [0.1, 0.15) is 19.3 Å². The predicted octanol–water partition coefficient (Wildman–Crippen LogP) is 13.9. The molecule has 0 aromatic rings. The lowest BCUT2D eigenvalue weighted by Gasteiger charge is -2.28. The molecular weight excluding hydrogens is 758 g/mol. The number of hydrogen-bond acceptors (Lipinski definition) is 7. The number of hydrogen-bond donors (Lipinski definition) is 0. The van der Waals surface area contributed by atoms with Gasteiger partial charge in [0.25, 0.3) is 7.82 Å². The van der Waals surface area contributed by atoms with E-state index in [4.69, 9.17) is 18.5 Å². The maximum absolute atomic E-state index is 12.6. The molecule has 0 fully saturated rings. The summed E-state index contributed by atoms with van der Waals surface area (Å²) in [5, 5.41) is 0. The summed E-state index contributed by atoms with van der Waals surface area (Å²) >= 11 is 0. The van der Waals surface area contributed by atoms with Crippen LogP contribution in [0.1, 0.15) is 194 Å². The summed E-state index contributed by atoms with van der Waals surface area (Å²) in [6.45, 7) is 5.18. The van der Waals surface area contributed by atoms with E-state index in [9.17, 15) is 14.3 Å². The van der Waals surface area contributed by atoms with Crippen molar-refractivity contribution in [3.63, 3.8) is 0 Å². The highest BCUT2D eigenvalue weighted by molar-refractivity contribution is 7.45. The molecule has 0 saturated carbocycles. The molecule has 0 bridgehead atoms. The summed E-state index contributed by atoms with van der Waals surface area (Å²) in [7, 11) is 1.30. The van der Waals surface area contributed by atoms with E-state index in [0.29, 0.717) is 24.1 Å². The minimum Gasteiger partial charge on any atom is -0.756 e.